The number of anilines is 1. The van der Waals surface area contributed by atoms with Gasteiger partial charge in [-0.3, -0.25) is 4.79 Å². The Balaban J connectivity index is 1.87. The molecule has 1 aliphatic rings. The second-order valence-corrected chi connectivity index (χ2v) is 6.42. The number of aromatic carboxylic acids is 1. The second kappa shape index (κ2) is 7.09. The number of amides is 1. The lowest BCUT2D eigenvalue weighted by molar-refractivity contribution is -0.120. The van der Waals surface area contributed by atoms with Crippen LogP contribution in [-0.2, 0) is 4.79 Å². The predicted octanol–water partition coefficient (Wildman–Crippen LogP) is 4.82. The zero-order valence-electron chi connectivity index (χ0n) is 13.0. The van der Waals surface area contributed by atoms with Crippen molar-refractivity contribution in [2.45, 2.75) is 32.1 Å². The topological polar surface area (TPSA) is 79.5 Å². The molecule has 3 rings (SSSR count). The number of furan rings is 1. The number of carboxylic acids is 1. The van der Waals surface area contributed by atoms with Crippen LogP contribution in [0.25, 0.3) is 11.3 Å². The van der Waals surface area contributed by atoms with Gasteiger partial charge in [-0.15, -0.1) is 0 Å². The molecule has 0 spiro atoms. The van der Waals surface area contributed by atoms with Crippen LogP contribution in [-0.4, -0.2) is 17.0 Å². The summed E-state index contributed by atoms with van der Waals surface area (Å²) in [5.74, 6) is -0.921. The van der Waals surface area contributed by atoms with E-state index in [1.807, 2.05) is 0 Å². The molecule has 2 N–H and O–H groups in total. The molecule has 126 valence electrons. The second-order valence-electron chi connectivity index (χ2n) is 5.98. The van der Waals surface area contributed by atoms with Crippen molar-refractivity contribution in [2.24, 2.45) is 5.92 Å². The highest BCUT2D eigenvalue weighted by Crippen LogP contribution is 2.33. The Morgan fingerprint density at radius 1 is 1.12 bits per heavy atom. The Hall–Kier alpha value is -2.27. The van der Waals surface area contributed by atoms with Crippen LogP contribution in [0.2, 0.25) is 5.02 Å². The molecule has 24 heavy (non-hydrogen) atoms. The van der Waals surface area contributed by atoms with Gasteiger partial charge in [-0.25, -0.2) is 4.79 Å². The van der Waals surface area contributed by atoms with Crippen LogP contribution >= 0.6 is 11.6 Å². The van der Waals surface area contributed by atoms with Crippen LogP contribution < -0.4 is 5.32 Å². The Bertz CT molecular complexity index is 762. The SMILES string of the molecule is O=C(O)c1ccc(-c2ccc(Cl)cc2NC(=O)C2CCCCC2)o1. The van der Waals surface area contributed by atoms with Crippen LogP contribution in [0, 0.1) is 5.92 Å². The van der Waals surface area contributed by atoms with E-state index in [1.54, 1.807) is 24.3 Å². The van der Waals surface area contributed by atoms with Crippen molar-refractivity contribution < 1.29 is 19.1 Å². The molecular formula is C18H18ClNO4. The van der Waals surface area contributed by atoms with Gasteiger partial charge in [0.1, 0.15) is 5.76 Å². The van der Waals surface area contributed by atoms with Crippen molar-refractivity contribution in [3.05, 3.63) is 41.1 Å². The lowest BCUT2D eigenvalue weighted by atomic mass is 9.88. The minimum atomic E-state index is -1.14. The molecule has 0 unspecified atom stereocenters. The number of hydrogen-bond donors (Lipinski definition) is 2. The van der Waals surface area contributed by atoms with E-state index < -0.39 is 5.97 Å². The molecule has 1 amide bonds. The molecular weight excluding hydrogens is 330 g/mol. The molecule has 0 saturated heterocycles. The maximum absolute atomic E-state index is 12.5. The Morgan fingerprint density at radius 3 is 2.54 bits per heavy atom. The number of hydrogen-bond acceptors (Lipinski definition) is 3. The Labute approximate surface area is 144 Å². The van der Waals surface area contributed by atoms with E-state index >= 15 is 0 Å². The summed E-state index contributed by atoms with van der Waals surface area (Å²) in [6.07, 6.45) is 5.11. The number of benzene rings is 1. The first-order valence-corrected chi connectivity index (χ1v) is 8.36. The normalized spacial score (nSPS) is 15.2. The number of carbonyl (C=O) groups is 2. The first kappa shape index (κ1) is 16.6. The summed E-state index contributed by atoms with van der Waals surface area (Å²) in [5, 5.41) is 12.4. The minimum Gasteiger partial charge on any atom is -0.475 e. The smallest absolute Gasteiger partial charge is 0.371 e. The number of rotatable bonds is 4. The molecule has 1 saturated carbocycles. The number of carbonyl (C=O) groups excluding carboxylic acids is 1. The fraction of sp³-hybridized carbons (Fsp3) is 0.333. The van der Waals surface area contributed by atoms with E-state index in [1.165, 1.54) is 12.5 Å². The maximum atomic E-state index is 12.5. The van der Waals surface area contributed by atoms with E-state index in [0.29, 0.717) is 22.0 Å². The van der Waals surface area contributed by atoms with Crippen LogP contribution in [0.4, 0.5) is 5.69 Å². The average molecular weight is 348 g/mol. The van der Waals surface area contributed by atoms with Gasteiger partial charge in [0.05, 0.1) is 5.69 Å². The summed E-state index contributed by atoms with van der Waals surface area (Å²) < 4.78 is 5.34. The van der Waals surface area contributed by atoms with E-state index in [0.717, 1.165) is 25.7 Å². The van der Waals surface area contributed by atoms with Gasteiger partial charge in [-0.1, -0.05) is 30.9 Å². The van der Waals surface area contributed by atoms with Gasteiger partial charge in [0.25, 0.3) is 0 Å². The van der Waals surface area contributed by atoms with Gasteiger partial charge in [-0.05, 0) is 43.2 Å². The van der Waals surface area contributed by atoms with Gasteiger partial charge in [-0.2, -0.15) is 0 Å². The minimum absolute atomic E-state index is 0.0109. The van der Waals surface area contributed by atoms with Crippen molar-refractivity contribution in [1.82, 2.24) is 0 Å². The molecule has 1 aromatic heterocycles. The number of halogens is 1. The fourth-order valence-electron chi connectivity index (χ4n) is 3.03. The number of nitrogens with one attached hydrogen (secondary N) is 1. The van der Waals surface area contributed by atoms with Crippen LogP contribution in [0.5, 0.6) is 0 Å². The summed E-state index contributed by atoms with van der Waals surface area (Å²) in [7, 11) is 0. The lowest BCUT2D eigenvalue weighted by Crippen LogP contribution is -2.24. The lowest BCUT2D eigenvalue weighted by Gasteiger charge is -2.21. The Kier molecular flexibility index (Phi) is 4.90. The standard InChI is InChI=1S/C18H18ClNO4/c19-12-6-7-13(15-8-9-16(24-15)18(22)23)14(10-12)20-17(21)11-4-2-1-3-5-11/h6-11H,1-5H2,(H,20,21)(H,22,23). The Morgan fingerprint density at radius 2 is 1.88 bits per heavy atom. The summed E-state index contributed by atoms with van der Waals surface area (Å²) in [5.41, 5.74) is 1.14. The summed E-state index contributed by atoms with van der Waals surface area (Å²) in [6.45, 7) is 0. The quantitative estimate of drug-likeness (QED) is 0.831. The highest BCUT2D eigenvalue weighted by atomic mass is 35.5. The van der Waals surface area contributed by atoms with Crippen molar-refractivity contribution >= 4 is 29.2 Å². The third-order valence-corrected chi connectivity index (χ3v) is 4.53. The van der Waals surface area contributed by atoms with E-state index in [9.17, 15) is 9.59 Å². The van der Waals surface area contributed by atoms with Gasteiger partial charge in [0.15, 0.2) is 0 Å². The highest BCUT2D eigenvalue weighted by Gasteiger charge is 2.22. The van der Waals surface area contributed by atoms with Gasteiger partial charge >= 0.3 is 5.97 Å². The molecule has 1 aliphatic carbocycles. The summed E-state index contributed by atoms with van der Waals surface area (Å²) in [4.78, 5) is 23.5. The van der Waals surface area contributed by atoms with E-state index in [2.05, 4.69) is 5.32 Å². The monoisotopic (exact) mass is 347 g/mol. The van der Waals surface area contributed by atoms with E-state index in [4.69, 9.17) is 21.1 Å². The molecule has 0 radical (unpaired) electrons. The zero-order valence-corrected chi connectivity index (χ0v) is 13.8. The van der Waals surface area contributed by atoms with Crippen molar-refractivity contribution in [3.63, 3.8) is 0 Å². The number of carboxylic acid groups (broad SMARTS) is 1. The fourth-order valence-corrected chi connectivity index (χ4v) is 3.20. The van der Waals surface area contributed by atoms with Crippen molar-refractivity contribution in [1.29, 1.82) is 0 Å². The molecule has 2 aromatic rings. The molecule has 1 fully saturated rings. The summed E-state index contributed by atoms with van der Waals surface area (Å²) >= 11 is 6.05. The molecule has 5 nitrogen and oxygen atoms in total. The largest absolute Gasteiger partial charge is 0.475 e. The van der Waals surface area contributed by atoms with Crippen LogP contribution in [0.15, 0.2) is 34.7 Å². The molecule has 6 heteroatoms. The molecule has 1 aromatic carbocycles. The van der Waals surface area contributed by atoms with Gasteiger partial charge < -0.3 is 14.8 Å². The van der Waals surface area contributed by atoms with Gasteiger partial charge in [0.2, 0.25) is 11.7 Å². The van der Waals surface area contributed by atoms with E-state index in [-0.39, 0.29) is 17.6 Å². The maximum Gasteiger partial charge on any atom is 0.371 e. The van der Waals surface area contributed by atoms with Crippen molar-refractivity contribution in [2.75, 3.05) is 5.32 Å². The first-order chi connectivity index (χ1) is 11.5. The molecule has 1 heterocycles. The molecule has 0 atom stereocenters. The predicted molar refractivity (Wildman–Crippen MR) is 91.3 cm³/mol. The van der Waals surface area contributed by atoms with Crippen molar-refractivity contribution in [3.8, 4) is 11.3 Å². The first-order valence-electron chi connectivity index (χ1n) is 7.98. The van der Waals surface area contributed by atoms with Crippen LogP contribution in [0.1, 0.15) is 42.7 Å². The highest BCUT2D eigenvalue weighted by molar-refractivity contribution is 6.31. The average Bonchev–Trinajstić information content (AvgIpc) is 3.06. The third kappa shape index (κ3) is 3.62. The summed E-state index contributed by atoms with van der Waals surface area (Å²) in [6, 6.07) is 8.00. The molecule has 0 bridgehead atoms. The third-order valence-electron chi connectivity index (χ3n) is 4.30. The zero-order chi connectivity index (χ0) is 17.1. The molecule has 0 aliphatic heterocycles. The van der Waals surface area contributed by atoms with Gasteiger partial charge in [0, 0.05) is 16.5 Å². The van der Waals surface area contributed by atoms with Crippen LogP contribution in [0.3, 0.4) is 0 Å².